The van der Waals surface area contributed by atoms with E-state index >= 15 is 0 Å². The molecule has 0 saturated heterocycles. The lowest BCUT2D eigenvalue weighted by atomic mass is 9.93. The summed E-state index contributed by atoms with van der Waals surface area (Å²) in [7, 11) is 1.57. The molecule has 222 valence electrons. The number of carbonyl (C=O) groups excluding carboxylic acids is 2. The van der Waals surface area contributed by atoms with Crippen LogP contribution in [0.15, 0.2) is 102 Å². The van der Waals surface area contributed by atoms with Crippen LogP contribution in [0, 0.1) is 17.2 Å². The number of imide groups is 1. The highest BCUT2D eigenvalue weighted by Gasteiger charge is 2.35. The van der Waals surface area contributed by atoms with Crippen molar-refractivity contribution in [3.63, 3.8) is 0 Å². The number of carbonyl (C=O) groups is 2. The maximum atomic E-state index is 13.9. The number of methoxy groups -OCH3 is 1. The Labute approximate surface area is 257 Å². The second-order valence-corrected chi connectivity index (χ2v) is 11.0. The SMILES string of the molecule is COc1ccc(CN2C(=O)C(C#N)=C(C)/C(=C\c3cn(-c4ccccc4)nc3-c3ccc(OCCC(C)C)cc3)C2=O)cc1. The number of hydrogen-bond donors (Lipinski definition) is 0. The monoisotopic (exact) mass is 586 g/mol. The number of para-hydroxylation sites is 1. The van der Waals surface area contributed by atoms with Crippen LogP contribution in [0.3, 0.4) is 0 Å². The molecule has 0 fully saturated rings. The highest BCUT2D eigenvalue weighted by Crippen LogP contribution is 2.32. The fourth-order valence-electron chi connectivity index (χ4n) is 4.89. The number of benzene rings is 3. The van der Waals surface area contributed by atoms with Crippen molar-refractivity contribution in [2.24, 2.45) is 5.92 Å². The molecule has 44 heavy (non-hydrogen) atoms. The van der Waals surface area contributed by atoms with Gasteiger partial charge in [-0.2, -0.15) is 10.4 Å². The Bertz CT molecular complexity index is 1760. The van der Waals surface area contributed by atoms with Crippen LogP contribution in [-0.2, 0) is 16.1 Å². The van der Waals surface area contributed by atoms with E-state index in [0.29, 0.717) is 35.1 Å². The Balaban J connectivity index is 1.55. The van der Waals surface area contributed by atoms with Crippen LogP contribution in [0.5, 0.6) is 11.5 Å². The van der Waals surface area contributed by atoms with E-state index in [-0.39, 0.29) is 17.7 Å². The van der Waals surface area contributed by atoms with Gasteiger partial charge in [0, 0.05) is 22.9 Å². The molecule has 1 aliphatic heterocycles. The predicted octanol–water partition coefficient (Wildman–Crippen LogP) is 6.77. The lowest BCUT2D eigenvalue weighted by Crippen LogP contribution is -2.42. The molecule has 0 radical (unpaired) electrons. The van der Waals surface area contributed by atoms with E-state index in [1.807, 2.05) is 66.9 Å². The second kappa shape index (κ2) is 13.3. The molecule has 2 amide bonds. The number of hydrogen-bond acceptors (Lipinski definition) is 6. The summed E-state index contributed by atoms with van der Waals surface area (Å²) in [6.45, 7) is 6.61. The first-order chi connectivity index (χ1) is 21.3. The number of rotatable bonds is 10. The zero-order chi connectivity index (χ0) is 31.2. The third-order valence-electron chi connectivity index (χ3n) is 7.48. The highest BCUT2D eigenvalue weighted by molar-refractivity contribution is 6.19. The van der Waals surface area contributed by atoms with Crippen molar-refractivity contribution >= 4 is 17.9 Å². The quantitative estimate of drug-likeness (QED) is 0.150. The first-order valence-corrected chi connectivity index (χ1v) is 14.5. The van der Waals surface area contributed by atoms with Crippen LogP contribution >= 0.6 is 0 Å². The third kappa shape index (κ3) is 6.47. The summed E-state index contributed by atoms with van der Waals surface area (Å²) >= 11 is 0. The van der Waals surface area contributed by atoms with Gasteiger partial charge in [-0.15, -0.1) is 0 Å². The fraction of sp³-hybridized carbons (Fsp3) is 0.222. The summed E-state index contributed by atoms with van der Waals surface area (Å²) in [5.41, 5.74) is 4.26. The molecular formula is C36H34N4O4. The summed E-state index contributed by atoms with van der Waals surface area (Å²) in [5, 5.41) is 14.8. The summed E-state index contributed by atoms with van der Waals surface area (Å²) in [4.78, 5) is 28.3. The normalized spacial score (nSPS) is 14.4. The van der Waals surface area contributed by atoms with E-state index < -0.39 is 11.8 Å². The molecule has 4 aromatic rings. The molecule has 0 saturated carbocycles. The third-order valence-corrected chi connectivity index (χ3v) is 7.48. The Kier molecular flexibility index (Phi) is 9.06. The van der Waals surface area contributed by atoms with E-state index in [1.54, 1.807) is 49.1 Å². The van der Waals surface area contributed by atoms with Gasteiger partial charge in [0.15, 0.2) is 0 Å². The van der Waals surface area contributed by atoms with Crippen LogP contribution in [0.25, 0.3) is 23.0 Å². The summed E-state index contributed by atoms with van der Waals surface area (Å²) in [5.74, 6) is 0.892. The Morgan fingerprint density at radius 3 is 2.25 bits per heavy atom. The van der Waals surface area contributed by atoms with Gasteiger partial charge in [0.25, 0.3) is 11.8 Å². The van der Waals surface area contributed by atoms with Crippen molar-refractivity contribution in [3.8, 4) is 34.5 Å². The lowest BCUT2D eigenvalue weighted by Gasteiger charge is -2.27. The molecule has 1 aromatic heterocycles. The minimum Gasteiger partial charge on any atom is -0.497 e. The molecule has 8 nitrogen and oxygen atoms in total. The van der Waals surface area contributed by atoms with Crippen molar-refractivity contribution in [2.75, 3.05) is 13.7 Å². The zero-order valence-electron chi connectivity index (χ0n) is 25.3. The fourth-order valence-corrected chi connectivity index (χ4v) is 4.89. The smallest absolute Gasteiger partial charge is 0.271 e. The van der Waals surface area contributed by atoms with Gasteiger partial charge < -0.3 is 9.47 Å². The molecule has 0 N–H and O–H groups in total. The lowest BCUT2D eigenvalue weighted by molar-refractivity contribution is -0.141. The minimum absolute atomic E-state index is 0.0197. The number of nitrogens with zero attached hydrogens (tertiary/aromatic N) is 4. The van der Waals surface area contributed by atoms with Gasteiger partial charge in [0.1, 0.15) is 23.1 Å². The Morgan fingerprint density at radius 2 is 1.61 bits per heavy atom. The van der Waals surface area contributed by atoms with Crippen molar-refractivity contribution in [3.05, 3.63) is 113 Å². The average Bonchev–Trinajstić information content (AvgIpc) is 3.46. The Hall–Kier alpha value is -5.42. The van der Waals surface area contributed by atoms with Crippen molar-refractivity contribution in [2.45, 2.75) is 33.7 Å². The molecule has 0 unspecified atom stereocenters. The standard InChI is InChI=1S/C36H34N4O4/c1-24(2)18-19-44-31-16-12-27(13-17-31)34-28(23-40(38-34)29-8-6-5-7-9-29)20-32-25(3)33(21-37)36(42)39(35(32)41)22-26-10-14-30(43-4)15-11-26/h5-17,20,23-24H,18-19,22H2,1-4H3/b32-20+. The molecule has 0 bridgehead atoms. The molecular weight excluding hydrogens is 552 g/mol. The van der Waals surface area contributed by atoms with Crippen molar-refractivity contribution in [1.82, 2.24) is 14.7 Å². The maximum absolute atomic E-state index is 13.9. The zero-order valence-corrected chi connectivity index (χ0v) is 25.3. The second-order valence-electron chi connectivity index (χ2n) is 11.0. The van der Waals surface area contributed by atoms with E-state index in [9.17, 15) is 14.9 Å². The topological polar surface area (TPSA) is 97.5 Å². The van der Waals surface area contributed by atoms with Gasteiger partial charge in [0.2, 0.25) is 0 Å². The van der Waals surface area contributed by atoms with Crippen molar-refractivity contribution in [1.29, 1.82) is 5.26 Å². The van der Waals surface area contributed by atoms with Gasteiger partial charge in [-0.1, -0.05) is 44.2 Å². The van der Waals surface area contributed by atoms with E-state index in [0.717, 1.165) is 33.9 Å². The molecule has 0 aliphatic carbocycles. The molecule has 3 aromatic carbocycles. The van der Waals surface area contributed by atoms with E-state index in [1.165, 1.54) is 0 Å². The maximum Gasteiger partial charge on any atom is 0.271 e. The van der Waals surface area contributed by atoms with Crippen LogP contribution < -0.4 is 9.47 Å². The number of nitriles is 1. The first kappa shape index (κ1) is 30.1. The molecule has 1 aliphatic rings. The van der Waals surface area contributed by atoms with Crippen molar-refractivity contribution < 1.29 is 19.1 Å². The van der Waals surface area contributed by atoms with Crippen LogP contribution in [0.2, 0.25) is 0 Å². The summed E-state index contributed by atoms with van der Waals surface area (Å²) in [6, 6.07) is 26.5. The van der Waals surface area contributed by atoms with Crippen LogP contribution in [-0.4, -0.2) is 40.2 Å². The van der Waals surface area contributed by atoms with Crippen LogP contribution in [0.1, 0.15) is 38.3 Å². The van der Waals surface area contributed by atoms with E-state index in [2.05, 4.69) is 13.8 Å². The average molecular weight is 587 g/mol. The number of ether oxygens (including phenoxy) is 2. The largest absolute Gasteiger partial charge is 0.497 e. The van der Waals surface area contributed by atoms with Gasteiger partial charge in [-0.05, 0) is 85.0 Å². The molecule has 5 rings (SSSR count). The van der Waals surface area contributed by atoms with Gasteiger partial charge in [0.05, 0.1) is 31.6 Å². The number of aromatic nitrogens is 2. The molecule has 8 heteroatoms. The Morgan fingerprint density at radius 1 is 0.932 bits per heavy atom. The summed E-state index contributed by atoms with van der Waals surface area (Å²) < 4.78 is 12.9. The minimum atomic E-state index is -0.615. The molecule has 0 spiro atoms. The predicted molar refractivity (Wildman–Crippen MR) is 169 cm³/mol. The van der Waals surface area contributed by atoms with Gasteiger partial charge in [-0.3, -0.25) is 14.5 Å². The summed E-state index contributed by atoms with van der Waals surface area (Å²) in [6.07, 6.45) is 4.53. The molecule has 2 heterocycles. The van der Waals surface area contributed by atoms with Gasteiger partial charge in [-0.25, -0.2) is 4.68 Å². The highest BCUT2D eigenvalue weighted by atomic mass is 16.5. The first-order valence-electron chi connectivity index (χ1n) is 14.5. The molecule has 0 atom stereocenters. The number of amides is 2. The van der Waals surface area contributed by atoms with Crippen LogP contribution in [0.4, 0.5) is 0 Å². The van der Waals surface area contributed by atoms with Gasteiger partial charge >= 0.3 is 0 Å². The van der Waals surface area contributed by atoms with E-state index in [4.69, 9.17) is 14.6 Å².